The van der Waals surface area contributed by atoms with Crippen LogP contribution in [0.4, 0.5) is 0 Å². The van der Waals surface area contributed by atoms with Gasteiger partial charge in [-0.15, -0.1) is 0 Å². The molecule has 27 heavy (non-hydrogen) atoms. The number of halogens is 1. The molecule has 4 nitrogen and oxygen atoms in total. The van der Waals surface area contributed by atoms with Crippen molar-refractivity contribution in [2.45, 2.75) is 32.4 Å². The number of nitrogens with zero attached hydrogens (tertiary/aromatic N) is 3. The number of amides is 1. The van der Waals surface area contributed by atoms with E-state index < -0.39 is 0 Å². The van der Waals surface area contributed by atoms with Crippen LogP contribution >= 0.6 is 11.6 Å². The summed E-state index contributed by atoms with van der Waals surface area (Å²) < 4.78 is 2.05. The maximum atomic E-state index is 13.0. The lowest BCUT2D eigenvalue weighted by molar-refractivity contribution is -0.130. The molecule has 0 aliphatic heterocycles. The Kier molecular flexibility index (Phi) is 6.30. The van der Waals surface area contributed by atoms with E-state index in [1.54, 1.807) is 11.1 Å². The third-order valence-electron chi connectivity index (χ3n) is 4.78. The van der Waals surface area contributed by atoms with E-state index >= 15 is 0 Å². The topological polar surface area (TPSA) is 38.1 Å². The molecule has 0 N–H and O–H groups in total. The fraction of sp³-hybridized carbons (Fsp3) is 0.273. The largest absolute Gasteiger partial charge is 0.338 e. The average Bonchev–Trinajstić information content (AvgIpc) is 3.13. The van der Waals surface area contributed by atoms with E-state index in [0.29, 0.717) is 18.0 Å². The number of benzene rings is 2. The van der Waals surface area contributed by atoms with Crippen molar-refractivity contribution < 1.29 is 4.79 Å². The fourth-order valence-electron chi connectivity index (χ4n) is 3.25. The van der Waals surface area contributed by atoms with E-state index in [0.717, 1.165) is 23.5 Å². The van der Waals surface area contributed by atoms with E-state index in [2.05, 4.69) is 28.6 Å². The quantitative estimate of drug-likeness (QED) is 0.593. The molecule has 0 aliphatic rings. The molecule has 0 saturated heterocycles. The highest BCUT2D eigenvalue weighted by Gasteiger charge is 2.21. The SMILES string of the molecule is CCn1ccnc1CN(C)C(=O)CC(c1ccccc1)c1cccc(Cl)c1. The molecule has 0 radical (unpaired) electrons. The number of imidazole rings is 1. The molecule has 3 rings (SSSR count). The minimum absolute atomic E-state index is 0.0363. The lowest BCUT2D eigenvalue weighted by atomic mass is 9.88. The van der Waals surface area contributed by atoms with Gasteiger partial charge in [0, 0.05) is 43.3 Å². The molecule has 5 heteroatoms. The average molecular weight is 382 g/mol. The van der Waals surface area contributed by atoms with E-state index in [-0.39, 0.29) is 11.8 Å². The predicted octanol–water partition coefficient (Wildman–Crippen LogP) is 4.74. The standard InChI is InChI=1S/C22H24ClN3O/c1-3-26-13-12-24-21(26)16-25(2)22(27)15-20(17-8-5-4-6-9-17)18-10-7-11-19(23)14-18/h4-14,20H,3,15-16H2,1-2H3. The van der Waals surface area contributed by atoms with Gasteiger partial charge in [0.1, 0.15) is 5.82 Å². The second-order valence-corrected chi connectivity index (χ2v) is 7.04. The number of hydrogen-bond donors (Lipinski definition) is 0. The number of carbonyl (C=O) groups excluding carboxylic acids is 1. The number of hydrogen-bond acceptors (Lipinski definition) is 2. The van der Waals surface area contributed by atoms with Crippen molar-refractivity contribution in [3.05, 3.63) is 89.0 Å². The summed E-state index contributed by atoms with van der Waals surface area (Å²) in [7, 11) is 1.83. The highest BCUT2D eigenvalue weighted by Crippen LogP contribution is 2.30. The highest BCUT2D eigenvalue weighted by molar-refractivity contribution is 6.30. The molecule has 0 spiro atoms. The first kappa shape index (κ1) is 19.2. The number of aromatic nitrogens is 2. The summed E-state index contributed by atoms with van der Waals surface area (Å²) in [6.45, 7) is 3.40. The molecular weight excluding hydrogens is 358 g/mol. The smallest absolute Gasteiger partial charge is 0.223 e. The Morgan fingerprint density at radius 2 is 1.89 bits per heavy atom. The zero-order chi connectivity index (χ0) is 19.2. The molecule has 3 aromatic rings. The number of rotatable bonds is 7. The van der Waals surface area contributed by atoms with Gasteiger partial charge in [0.15, 0.2) is 0 Å². The molecule has 1 heterocycles. The van der Waals surface area contributed by atoms with Gasteiger partial charge in [0.25, 0.3) is 0 Å². The van der Waals surface area contributed by atoms with Gasteiger partial charge < -0.3 is 9.47 Å². The van der Waals surface area contributed by atoms with E-state index in [1.807, 2.05) is 55.7 Å². The van der Waals surface area contributed by atoms with Crippen molar-refractivity contribution in [2.24, 2.45) is 0 Å². The first-order valence-electron chi connectivity index (χ1n) is 9.13. The predicted molar refractivity (Wildman–Crippen MR) is 109 cm³/mol. The van der Waals surface area contributed by atoms with Gasteiger partial charge in [-0.2, -0.15) is 0 Å². The van der Waals surface area contributed by atoms with Gasteiger partial charge in [0.05, 0.1) is 6.54 Å². The van der Waals surface area contributed by atoms with Crippen LogP contribution in [0.3, 0.4) is 0 Å². The fourth-order valence-corrected chi connectivity index (χ4v) is 3.45. The highest BCUT2D eigenvalue weighted by atomic mass is 35.5. The summed E-state index contributed by atoms with van der Waals surface area (Å²) in [5.41, 5.74) is 2.15. The Bertz CT molecular complexity index is 891. The summed E-state index contributed by atoms with van der Waals surface area (Å²) in [6.07, 6.45) is 4.09. The van der Waals surface area contributed by atoms with Gasteiger partial charge in [-0.1, -0.05) is 54.1 Å². The molecule has 0 aliphatic carbocycles. The van der Waals surface area contributed by atoms with Crippen LogP contribution in [0.5, 0.6) is 0 Å². The van der Waals surface area contributed by atoms with Crippen LogP contribution in [0.2, 0.25) is 5.02 Å². The zero-order valence-electron chi connectivity index (χ0n) is 15.7. The Morgan fingerprint density at radius 1 is 1.15 bits per heavy atom. The van der Waals surface area contributed by atoms with Gasteiger partial charge in [0.2, 0.25) is 5.91 Å². The second kappa shape index (κ2) is 8.87. The Hall–Kier alpha value is -2.59. The van der Waals surface area contributed by atoms with Crippen molar-refractivity contribution in [3.8, 4) is 0 Å². The van der Waals surface area contributed by atoms with Crippen molar-refractivity contribution in [3.63, 3.8) is 0 Å². The van der Waals surface area contributed by atoms with E-state index in [1.165, 1.54) is 0 Å². The summed E-state index contributed by atoms with van der Waals surface area (Å²) in [6, 6.07) is 17.9. The minimum Gasteiger partial charge on any atom is -0.338 e. The molecule has 140 valence electrons. The maximum Gasteiger partial charge on any atom is 0.223 e. The van der Waals surface area contributed by atoms with Crippen molar-refractivity contribution >= 4 is 17.5 Å². The molecule has 0 saturated carbocycles. The van der Waals surface area contributed by atoms with E-state index in [9.17, 15) is 4.79 Å². The first-order valence-corrected chi connectivity index (χ1v) is 9.50. The molecule has 1 atom stereocenters. The van der Waals surface area contributed by atoms with Crippen LogP contribution in [-0.2, 0) is 17.9 Å². The van der Waals surface area contributed by atoms with Crippen LogP contribution in [0, 0.1) is 0 Å². The van der Waals surface area contributed by atoms with Crippen LogP contribution < -0.4 is 0 Å². The van der Waals surface area contributed by atoms with Gasteiger partial charge >= 0.3 is 0 Å². The Labute approximate surface area is 165 Å². The summed E-state index contributed by atoms with van der Waals surface area (Å²) in [4.78, 5) is 19.1. The van der Waals surface area contributed by atoms with Crippen molar-refractivity contribution in [1.29, 1.82) is 0 Å². The lowest BCUT2D eigenvalue weighted by Crippen LogP contribution is -2.29. The number of aryl methyl sites for hydroxylation is 1. The van der Waals surface area contributed by atoms with E-state index in [4.69, 9.17) is 11.6 Å². The third-order valence-corrected chi connectivity index (χ3v) is 5.01. The summed E-state index contributed by atoms with van der Waals surface area (Å²) >= 11 is 6.20. The van der Waals surface area contributed by atoms with Gasteiger partial charge in [-0.25, -0.2) is 4.98 Å². The molecule has 1 aromatic heterocycles. The Balaban J connectivity index is 1.80. The molecule has 1 amide bonds. The summed E-state index contributed by atoms with van der Waals surface area (Å²) in [5, 5.41) is 0.680. The monoisotopic (exact) mass is 381 g/mol. The third kappa shape index (κ3) is 4.77. The van der Waals surface area contributed by atoms with Gasteiger partial charge in [-0.3, -0.25) is 4.79 Å². The molecule has 0 fully saturated rings. The van der Waals surface area contributed by atoms with Crippen LogP contribution in [0.1, 0.15) is 36.2 Å². The Morgan fingerprint density at radius 3 is 2.59 bits per heavy atom. The normalized spacial score (nSPS) is 12.0. The first-order chi connectivity index (χ1) is 13.1. The molecule has 2 aromatic carbocycles. The van der Waals surface area contributed by atoms with Crippen molar-refractivity contribution in [2.75, 3.05) is 7.05 Å². The number of carbonyl (C=O) groups is 1. The van der Waals surface area contributed by atoms with Crippen LogP contribution in [0.25, 0.3) is 0 Å². The molecule has 1 unspecified atom stereocenters. The van der Waals surface area contributed by atoms with Crippen molar-refractivity contribution in [1.82, 2.24) is 14.5 Å². The van der Waals surface area contributed by atoms with Crippen LogP contribution in [0.15, 0.2) is 67.0 Å². The molecule has 0 bridgehead atoms. The summed E-state index contributed by atoms with van der Waals surface area (Å²) in [5.74, 6) is 0.938. The van der Waals surface area contributed by atoms with Gasteiger partial charge in [-0.05, 0) is 30.2 Å². The van der Waals surface area contributed by atoms with Crippen LogP contribution in [-0.4, -0.2) is 27.4 Å². The maximum absolute atomic E-state index is 13.0. The molecular formula is C22H24ClN3O. The second-order valence-electron chi connectivity index (χ2n) is 6.60. The zero-order valence-corrected chi connectivity index (χ0v) is 16.4. The minimum atomic E-state index is -0.0363. The lowest BCUT2D eigenvalue weighted by Gasteiger charge is -2.23.